The van der Waals surface area contributed by atoms with Gasteiger partial charge in [-0.15, -0.1) is 0 Å². The first-order valence-corrected chi connectivity index (χ1v) is 7.47. The first kappa shape index (κ1) is 14.1. The van der Waals surface area contributed by atoms with E-state index in [1.165, 1.54) is 6.07 Å². The van der Waals surface area contributed by atoms with E-state index in [4.69, 9.17) is 0 Å². The van der Waals surface area contributed by atoms with Crippen LogP contribution in [0.1, 0.15) is 18.1 Å². The smallest absolute Gasteiger partial charge is 0.147 e. The van der Waals surface area contributed by atoms with Crippen LogP contribution in [0.3, 0.4) is 0 Å². The van der Waals surface area contributed by atoms with Gasteiger partial charge in [-0.3, -0.25) is 0 Å². The summed E-state index contributed by atoms with van der Waals surface area (Å²) in [7, 11) is 0. The monoisotopic (exact) mass is 321 g/mol. The maximum atomic E-state index is 14.2. The highest BCUT2D eigenvalue weighted by atomic mass is 79.9. The zero-order valence-corrected chi connectivity index (χ0v) is 12.7. The maximum absolute atomic E-state index is 14.2. The average Bonchev–Trinajstić information content (AvgIpc) is 2.43. The van der Waals surface area contributed by atoms with Gasteiger partial charge in [-0.05, 0) is 37.1 Å². The van der Waals surface area contributed by atoms with Crippen LogP contribution in [0.2, 0.25) is 0 Å². The quantitative estimate of drug-likeness (QED) is 0.701. The lowest BCUT2D eigenvalue weighted by Gasteiger charge is -2.27. The molecule has 0 aliphatic heterocycles. The van der Waals surface area contributed by atoms with Crippen molar-refractivity contribution in [1.29, 1.82) is 0 Å². The van der Waals surface area contributed by atoms with Gasteiger partial charge >= 0.3 is 0 Å². The van der Waals surface area contributed by atoms with Crippen molar-refractivity contribution in [2.24, 2.45) is 0 Å². The zero-order chi connectivity index (χ0) is 13.8. The highest BCUT2D eigenvalue weighted by molar-refractivity contribution is 9.08. The number of aryl methyl sites for hydroxylation is 1. The summed E-state index contributed by atoms with van der Waals surface area (Å²) in [4.78, 5) is 2.03. The molecule has 19 heavy (non-hydrogen) atoms. The number of benzene rings is 2. The van der Waals surface area contributed by atoms with Crippen molar-refractivity contribution in [1.82, 2.24) is 0 Å². The number of nitrogens with zero attached hydrogens (tertiary/aromatic N) is 1. The highest BCUT2D eigenvalue weighted by Crippen LogP contribution is 2.33. The van der Waals surface area contributed by atoms with E-state index in [0.717, 1.165) is 23.4 Å². The topological polar surface area (TPSA) is 3.24 Å². The van der Waals surface area contributed by atoms with Gasteiger partial charge in [0.15, 0.2) is 0 Å². The summed E-state index contributed by atoms with van der Waals surface area (Å²) in [6.45, 7) is 4.81. The van der Waals surface area contributed by atoms with Crippen LogP contribution in [0.25, 0.3) is 0 Å². The van der Waals surface area contributed by atoms with E-state index in [0.29, 0.717) is 11.0 Å². The number of alkyl halides is 1. The molecule has 3 heteroatoms. The summed E-state index contributed by atoms with van der Waals surface area (Å²) in [5.74, 6) is -0.179. The van der Waals surface area contributed by atoms with Gasteiger partial charge < -0.3 is 4.90 Å². The summed E-state index contributed by atoms with van der Waals surface area (Å²) in [6.07, 6.45) is 0. The number of hydrogen-bond acceptors (Lipinski definition) is 1. The lowest BCUT2D eigenvalue weighted by atomic mass is 10.1. The molecule has 0 aromatic heterocycles. The standard InChI is InChI=1S/C16H17BrFN/c1-3-19(15-10-5-4-7-12(15)2)16-13(11-17)8-6-9-14(16)18/h4-10H,3,11H2,1-2H3. The Labute approximate surface area is 122 Å². The van der Waals surface area contributed by atoms with Crippen molar-refractivity contribution in [2.75, 3.05) is 11.4 Å². The fourth-order valence-electron chi connectivity index (χ4n) is 2.29. The maximum Gasteiger partial charge on any atom is 0.147 e. The molecular formula is C16H17BrFN. The summed E-state index contributed by atoms with van der Waals surface area (Å²) in [6, 6.07) is 13.3. The third-order valence-electron chi connectivity index (χ3n) is 3.21. The van der Waals surface area contributed by atoms with E-state index in [1.807, 2.05) is 49.1 Å². The van der Waals surface area contributed by atoms with Gasteiger partial charge in [-0.1, -0.05) is 46.3 Å². The third kappa shape index (κ3) is 2.81. The molecule has 1 nitrogen and oxygen atoms in total. The average molecular weight is 322 g/mol. The Bertz CT molecular complexity index is 568. The van der Waals surface area contributed by atoms with E-state index in [9.17, 15) is 4.39 Å². The molecule has 0 saturated carbocycles. The Morgan fingerprint density at radius 2 is 1.84 bits per heavy atom. The minimum absolute atomic E-state index is 0.179. The van der Waals surface area contributed by atoms with E-state index < -0.39 is 0 Å². The van der Waals surface area contributed by atoms with Crippen molar-refractivity contribution in [3.8, 4) is 0 Å². The van der Waals surface area contributed by atoms with Crippen molar-refractivity contribution in [2.45, 2.75) is 19.2 Å². The van der Waals surface area contributed by atoms with Gasteiger partial charge in [0.2, 0.25) is 0 Å². The molecule has 2 rings (SSSR count). The molecule has 0 fully saturated rings. The number of rotatable bonds is 4. The molecule has 0 spiro atoms. The van der Waals surface area contributed by atoms with Crippen LogP contribution in [0, 0.1) is 12.7 Å². The number of anilines is 2. The SMILES string of the molecule is CCN(c1ccccc1C)c1c(F)cccc1CBr. The van der Waals surface area contributed by atoms with Crippen LogP contribution >= 0.6 is 15.9 Å². The summed E-state index contributed by atoms with van der Waals surface area (Å²) >= 11 is 3.44. The summed E-state index contributed by atoms with van der Waals surface area (Å²) in [5.41, 5.74) is 3.83. The molecule has 0 aliphatic rings. The molecule has 100 valence electrons. The van der Waals surface area contributed by atoms with Crippen LogP contribution < -0.4 is 4.90 Å². The van der Waals surface area contributed by atoms with Gasteiger partial charge in [0.1, 0.15) is 5.82 Å². The van der Waals surface area contributed by atoms with Crippen LogP contribution in [-0.2, 0) is 5.33 Å². The second-order valence-corrected chi connectivity index (χ2v) is 4.97. The Balaban J connectivity index is 2.58. The van der Waals surface area contributed by atoms with Gasteiger partial charge in [0.25, 0.3) is 0 Å². The molecule has 0 radical (unpaired) electrons. The molecule has 2 aromatic carbocycles. The fourth-order valence-corrected chi connectivity index (χ4v) is 2.74. The van der Waals surface area contributed by atoms with Crippen LogP contribution in [0.4, 0.5) is 15.8 Å². The number of halogens is 2. The molecular weight excluding hydrogens is 305 g/mol. The molecule has 0 atom stereocenters. The van der Waals surface area contributed by atoms with Crippen LogP contribution in [-0.4, -0.2) is 6.54 Å². The molecule has 0 aliphatic carbocycles. The largest absolute Gasteiger partial charge is 0.339 e. The van der Waals surface area contributed by atoms with Crippen molar-refractivity contribution in [3.05, 3.63) is 59.4 Å². The highest BCUT2D eigenvalue weighted by Gasteiger charge is 2.17. The Hall–Kier alpha value is -1.35. The lowest BCUT2D eigenvalue weighted by molar-refractivity contribution is 0.624. The predicted octanol–water partition coefficient (Wildman–Crippen LogP) is 5.19. The second kappa shape index (κ2) is 6.20. The number of hydrogen-bond donors (Lipinski definition) is 0. The summed E-state index contributed by atoms with van der Waals surface area (Å²) < 4.78 is 14.2. The fraction of sp³-hybridized carbons (Fsp3) is 0.250. The Morgan fingerprint density at radius 3 is 2.47 bits per heavy atom. The zero-order valence-electron chi connectivity index (χ0n) is 11.2. The first-order valence-electron chi connectivity index (χ1n) is 6.35. The molecule has 0 bridgehead atoms. The molecule has 0 unspecified atom stereocenters. The number of para-hydroxylation sites is 2. The van der Waals surface area contributed by atoms with Gasteiger partial charge in [-0.2, -0.15) is 0 Å². The Kier molecular flexibility index (Phi) is 4.59. The Morgan fingerprint density at radius 1 is 1.11 bits per heavy atom. The lowest BCUT2D eigenvalue weighted by Crippen LogP contribution is -2.19. The van der Waals surface area contributed by atoms with E-state index in [1.54, 1.807) is 6.07 Å². The van der Waals surface area contributed by atoms with Gasteiger partial charge in [0, 0.05) is 17.6 Å². The molecule has 2 aromatic rings. The molecule has 0 heterocycles. The second-order valence-electron chi connectivity index (χ2n) is 4.41. The molecule has 0 N–H and O–H groups in total. The minimum atomic E-state index is -0.179. The van der Waals surface area contributed by atoms with E-state index >= 15 is 0 Å². The van der Waals surface area contributed by atoms with Crippen molar-refractivity contribution < 1.29 is 4.39 Å². The predicted molar refractivity (Wildman–Crippen MR) is 82.9 cm³/mol. The minimum Gasteiger partial charge on any atom is -0.339 e. The van der Waals surface area contributed by atoms with E-state index in [-0.39, 0.29) is 5.82 Å². The van der Waals surface area contributed by atoms with Crippen molar-refractivity contribution >= 4 is 27.3 Å². The van der Waals surface area contributed by atoms with E-state index in [2.05, 4.69) is 15.9 Å². The molecule has 0 amide bonds. The normalized spacial score (nSPS) is 10.5. The van der Waals surface area contributed by atoms with Gasteiger partial charge in [0.05, 0.1) is 5.69 Å². The van der Waals surface area contributed by atoms with Crippen molar-refractivity contribution in [3.63, 3.8) is 0 Å². The van der Waals surface area contributed by atoms with Crippen LogP contribution in [0.5, 0.6) is 0 Å². The first-order chi connectivity index (χ1) is 9.19. The van der Waals surface area contributed by atoms with Crippen LogP contribution in [0.15, 0.2) is 42.5 Å². The molecule has 0 saturated heterocycles. The summed E-state index contributed by atoms with van der Waals surface area (Å²) in [5, 5.41) is 0.641. The van der Waals surface area contributed by atoms with Gasteiger partial charge in [-0.25, -0.2) is 4.39 Å². The third-order valence-corrected chi connectivity index (χ3v) is 3.81.